The molecule has 1 aromatic rings. The standard InChI is InChI=1S/C13H16N2O5S/c1-9(16)14-11-6-7-15(8-11)21(19,20)12-4-2-10(3-5-12)13(17)18/h2-5,11H,6-8H2,1H3,(H,14,16)(H,17,18). The van der Waals surface area contributed by atoms with Gasteiger partial charge in [0.2, 0.25) is 15.9 Å². The van der Waals surface area contributed by atoms with Crippen LogP contribution in [0.5, 0.6) is 0 Å². The Bertz CT molecular complexity index is 654. The third kappa shape index (κ3) is 3.40. The number of carbonyl (C=O) groups is 2. The molecular weight excluding hydrogens is 296 g/mol. The van der Waals surface area contributed by atoms with Crippen LogP contribution in [0.15, 0.2) is 29.2 Å². The highest BCUT2D eigenvalue weighted by molar-refractivity contribution is 7.89. The average Bonchev–Trinajstić information content (AvgIpc) is 2.87. The molecule has 1 fully saturated rings. The van der Waals surface area contributed by atoms with Crippen molar-refractivity contribution < 1.29 is 23.1 Å². The maximum atomic E-state index is 12.4. The van der Waals surface area contributed by atoms with Gasteiger partial charge in [0.25, 0.3) is 0 Å². The highest BCUT2D eigenvalue weighted by Gasteiger charge is 2.32. The van der Waals surface area contributed by atoms with Crippen molar-refractivity contribution in [2.45, 2.75) is 24.3 Å². The minimum atomic E-state index is -3.66. The SMILES string of the molecule is CC(=O)NC1CCN(S(=O)(=O)c2ccc(C(=O)O)cc2)C1. The fraction of sp³-hybridized carbons (Fsp3) is 0.385. The molecule has 1 atom stereocenters. The summed E-state index contributed by atoms with van der Waals surface area (Å²) in [7, 11) is -3.66. The van der Waals surface area contributed by atoms with Crippen LogP contribution in [0.25, 0.3) is 0 Å². The van der Waals surface area contributed by atoms with Crippen LogP contribution in [0.2, 0.25) is 0 Å². The molecule has 0 saturated carbocycles. The molecule has 0 aliphatic carbocycles. The van der Waals surface area contributed by atoms with Crippen molar-refractivity contribution in [2.75, 3.05) is 13.1 Å². The highest BCUT2D eigenvalue weighted by Crippen LogP contribution is 2.21. The predicted molar refractivity (Wildman–Crippen MR) is 74.4 cm³/mol. The molecule has 0 spiro atoms. The first kappa shape index (κ1) is 15.5. The monoisotopic (exact) mass is 312 g/mol. The molecule has 114 valence electrons. The molecule has 1 aliphatic rings. The molecule has 21 heavy (non-hydrogen) atoms. The zero-order valence-corrected chi connectivity index (χ0v) is 12.3. The summed E-state index contributed by atoms with van der Waals surface area (Å²) < 4.78 is 26.1. The van der Waals surface area contributed by atoms with Gasteiger partial charge >= 0.3 is 5.97 Å². The maximum Gasteiger partial charge on any atom is 0.335 e. The van der Waals surface area contributed by atoms with Crippen molar-refractivity contribution in [3.05, 3.63) is 29.8 Å². The molecule has 0 radical (unpaired) electrons. The van der Waals surface area contributed by atoms with Gasteiger partial charge in [-0.3, -0.25) is 4.79 Å². The van der Waals surface area contributed by atoms with Crippen molar-refractivity contribution in [3.63, 3.8) is 0 Å². The summed E-state index contributed by atoms with van der Waals surface area (Å²) in [6, 6.07) is 4.90. The van der Waals surface area contributed by atoms with Crippen molar-refractivity contribution in [2.24, 2.45) is 0 Å². The third-order valence-corrected chi connectivity index (χ3v) is 5.18. The summed E-state index contributed by atoms with van der Waals surface area (Å²) in [5, 5.41) is 11.5. The lowest BCUT2D eigenvalue weighted by atomic mass is 10.2. The van der Waals surface area contributed by atoms with Gasteiger partial charge in [0, 0.05) is 26.1 Å². The second-order valence-corrected chi connectivity index (χ2v) is 6.82. The van der Waals surface area contributed by atoms with Gasteiger partial charge < -0.3 is 10.4 Å². The van der Waals surface area contributed by atoms with E-state index in [1.165, 1.54) is 35.5 Å². The van der Waals surface area contributed by atoms with Gasteiger partial charge in [0.05, 0.1) is 10.5 Å². The minimum Gasteiger partial charge on any atom is -0.478 e. The molecule has 7 nitrogen and oxygen atoms in total. The molecule has 1 aromatic carbocycles. The van der Waals surface area contributed by atoms with Crippen LogP contribution in [-0.2, 0) is 14.8 Å². The zero-order valence-electron chi connectivity index (χ0n) is 11.4. The number of nitrogens with one attached hydrogen (secondary N) is 1. The first-order valence-electron chi connectivity index (χ1n) is 6.41. The zero-order chi connectivity index (χ0) is 15.6. The Morgan fingerprint density at radius 2 is 1.90 bits per heavy atom. The Kier molecular flexibility index (Phi) is 4.29. The normalized spacial score (nSPS) is 19.4. The van der Waals surface area contributed by atoms with Gasteiger partial charge in [0.15, 0.2) is 0 Å². The lowest BCUT2D eigenvalue weighted by molar-refractivity contribution is -0.119. The van der Waals surface area contributed by atoms with Crippen LogP contribution in [0.1, 0.15) is 23.7 Å². The fourth-order valence-corrected chi connectivity index (χ4v) is 3.77. The summed E-state index contributed by atoms with van der Waals surface area (Å²) in [6.07, 6.45) is 0.562. The van der Waals surface area contributed by atoms with Gasteiger partial charge in [-0.15, -0.1) is 0 Å². The Labute approximate surface area is 122 Å². The van der Waals surface area contributed by atoms with E-state index < -0.39 is 16.0 Å². The molecule has 0 aromatic heterocycles. The van der Waals surface area contributed by atoms with Crippen LogP contribution in [0.3, 0.4) is 0 Å². The summed E-state index contributed by atoms with van der Waals surface area (Å²) in [6.45, 7) is 1.94. The number of carboxylic acid groups (broad SMARTS) is 1. The molecule has 1 aliphatic heterocycles. The van der Waals surface area contributed by atoms with Crippen LogP contribution >= 0.6 is 0 Å². The van der Waals surface area contributed by atoms with Crippen LogP contribution < -0.4 is 5.32 Å². The van der Waals surface area contributed by atoms with E-state index in [2.05, 4.69) is 5.32 Å². The number of carboxylic acids is 1. The van der Waals surface area contributed by atoms with E-state index in [1.807, 2.05) is 0 Å². The Morgan fingerprint density at radius 3 is 2.43 bits per heavy atom. The van der Waals surface area contributed by atoms with Gasteiger partial charge in [-0.2, -0.15) is 4.31 Å². The van der Waals surface area contributed by atoms with Crippen LogP contribution in [0, 0.1) is 0 Å². The molecule has 2 rings (SSSR count). The van der Waals surface area contributed by atoms with E-state index in [0.717, 1.165) is 0 Å². The largest absolute Gasteiger partial charge is 0.478 e. The van der Waals surface area contributed by atoms with Crippen molar-refractivity contribution in [1.82, 2.24) is 9.62 Å². The number of nitrogens with zero attached hydrogens (tertiary/aromatic N) is 1. The number of sulfonamides is 1. The van der Waals surface area contributed by atoms with Gasteiger partial charge in [-0.1, -0.05) is 0 Å². The van der Waals surface area contributed by atoms with E-state index >= 15 is 0 Å². The second-order valence-electron chi connectivity index (χ2n) is 4.88. The Balaban J connectivity index is 2.15. The van der Waals surface area contributed by atoms with E-state index in [0.29, 0.717) is 13.0 Å². The van der Waals surface area contributed by atoms with E-state index in [9.17, 15) is 18.0 Å². The van der Waals surface area contributed by atoms with Gasteiger partial charge in [-0.25, -0.2) is 13.2 Å². The molecular formula is C13H16N2O5S. The van der Waals surface area contributed by atoms with Crippen LogP contribution in [-0.4, -0.2) is 48.8 Å². The lowest BCUT2D eigenvalue weighted by Gasteiger charge is -2.17. The number of rotatable bonds is 4. The van der Waals surface area contributed by atoms with Crippen molar-refractivity contribution in [1.29, 1.82) is 0 Å². The minimum absolute atomic E-state index is 0.0338. The smallest absolute Gasteiger partial charge is 0.335 e. The van der Waals surface area contributed by atoms with Crippen molar-refractivity contribution in [3.8, 4) is 0 Å². The number of hydrogen-bond donors (Lipinski definition) is 2. The molecule has 2 N–H and O–H groups in total. The Morgan fingerprint density at radius 1 is 1.29 bits per heavy atom. The van der Waals surface area contributed by atoms with Gasteiger partial charge in [-0.05, 0) is 30.7 Å². The summed E-state index contributed by atoms with van der Waals surface area (Å²) in [4.78, 5) is 21.8. The fourth-order valence-electron chi connectivity index (χ4n) is 2.27. The maximum absolute atomic E-state index is 12.4. The third-order valence-electron chi connectivity index (χ3n) is 3.30. The molecule has 1 unspecified atom stereocenters. The quantitative estimate of drug-likeness (QED) is 0.831. The highest BCUT2D eigenvalue weighted by atomic mass is 32.2. The number of hydrogen-bond acceptors (Lipinski definition) is 4. The Hall–Kier alpha value is -1.93. The number of amides is 1. The number of aromatic carboxylic acids is 1. The summed E-state index contributed by atoms with van der Waals surface area (Å²) >= 11 is 0. The topological polar surface area (TPSA) is 104 Å². The lowest BCUT2D eigenvalue weighted by Crippen LogP contribution is -2.37. The predicted octanol–water partition coefficient (Wildman–Crippen LogP) is 0.284. The van der Waals surface area contributed by atoms with E-state index in [1.54, 1.807) is 0 Å². The molecule has 1 amide bonds. The summed E-state index contributed by atoms with van der Waals surface area (Å²) in [5.74, 6) is -1.30. The summed E-state index contributed by atoms with van der Waals surface area (Å²) in [5.41, 5.74) is 0.0338. The number of carbonyl (C=O) groups excluding carboxylic acids is 1. The van der Waals surface area contributed by atoms with Gasteiger partial charge in [0.1, 0.15) is 0 Å². The second kappa shape index (κ2) is 5.82. The average molecular weight is 312 g/mol. The molecule has 8 heteroatoms. The van der Waals surface area contributed by atoms with Crippen molar-refractivity contribution >= 4 is 21.9 Å². The molecule has 0 bridgehead atoms. The first-order valence-corrected chi connectivity index (χ1v) is 7.85. The molecule has 1 heterocycles. The van der Waals surface area contributed by atoms with E-state index in [4.69, 9.17) is 5.11 Å². The van der Waals surface area contributed by atoms with Crippen LogP contribution in [0.4, 0.5) is 0 Å². The number of benzene rings is 1. The first-order chi connectivity index (χ1) is 9.80. The molecule has 1 saturated heterocycles. The van der Waals surface area contributed by atoms with E-state index in [-0.39, 0.29) is 29.0 Å².